The van der Waals surface area contributed by atoms with Crippen molar-refractivity contribution in [2.75, 3.05) is 23.9 Å². The fourth-order valence-corrected chi connectivity index (χ4v) is 4.81. The molecule has 1 fully saturated rings. The Morgan fingerprint density at radius 3 is 2.63 bits per heavy atom. The van der Waals surface area contributed by atoms with Gasteiger partial charge in [0.2, 0.25) is 0 Å². The monoisotopic (exact) mass is 387 g/mol. The third-order valence-electron chi connectivity index (χ3n) is 4.71. The molecule has 0 bridgehead atoms. The number of aryl methyl sites for hydroxylation is 1. The van der Waals surface area contributed by atoms with Gasteiger partial charge in [-0.05, 0) is 37.1 Å². The van der Waals surface area contributed by atoms with Gasteiger partial charge in [-0.2, -0.15) is 0 Å². The minimum Gasteiger partial charge on any atom is -0.338 e. The van der Waals surface area contributed by atoms with Gasteiger partial charge in [0.1, 0.15) is 5.69 Å². The molecule has 0 saturated carbocycles. The first-order chi connectivity index (χ1) is 12.8. The first-order valence-electron chi connectivity index (χ1n) is 8.57. The van der Waals surface area contributed by atoms with E-state index in [4.69, 9.17) is 0 Å². The highest BCUT2D eigenvalue weighted by Gasteiger charge is 2.33. The summed E-state index contributed by atoms with van der Waals surface area (Å²) < 4.78 is 23.3. The molecular weight excluding hydrogens is 366 g/mol. The molecule has 2 amide bonds. The maximum atomic E-state index is 12.7. The molecule has 27 heavy (non-hydrogen) atoms. The van der Waals surface area contributed by atoms with Crippen LogP contribution in [0.5, 0.6) is 0 Å². The topological polar surface area (TPSA) is 96.4 Å². The SMILES string of the molecule is Cc1ccccc1NC(=O)c1cc(C(=O)N(C)C2CCS(=O)(=O)C2)ccn1. The number of anilines is 1. The van der Waals surface area contributed by atoms with E-state index in [1.807, 2.05) is 25.1 Å². The molecule has 1 atom stereocenters. The number of aromatic nitrogens is 1. The number of pyridine rings is 1. The van der Waals surface area contributed by atoms with E-state index in [1.54, 1.807) is 13.1 Å². The smallest absolute Gasteiger partial charge is 0.274 e. The molecule has 8 heteroatoms. The normalized spacial score (nSPS) is 18.1. The van der Waals surface area contributed by atoms with Crippen molar-refractivity contribution in [1.82, 2.24) is 9.88 Å². The van der Waals surface area contributed by atoms with Gasteiger partial charge in [0.05, 0.1) is 11.5 Å². The lowest BCUT2D eigenvalue weighted by molar-refractivity contribution is 0.0747. The van der Waals surface area contributed by atoms with Crippen molar-refractivity contribution in [1.29, 1.82) is 0 Å². The van der Waals surface area contributed by atoms with Crippen molar-refractivity contribution in [3.05, 3.63) is 59.4 Å². The molecule has 142 valence electrons. The zero-order chi connectivity index (χ0) is 19.6. The number of carbonyl (C=O) groups is 2. The lowest BCUT2D eigenvalue weighted by atomic mass is 10.1. The predicted octanol–water partition coefficient (Wildman–Crippen LogP) is 1.90. The molecule has 1 N–H and O–H groups in total. The summed E-state index contributed by atoms with van der Waals surface area (Å²) in [5.41, 5.74) is 2.01. The molecule has 1 aromatic carbocycles. The highest BCUT2D eigenvalue weighted by Crippen LogP contribution is 2.19. The fraction of sp³-hybridized carbons (Fsp3) is 0.316. The summed E-state index contributed by atoms with van der Waals surface area (Å²) in [5.74, 6) is -0.675. The van der Waals surface area contributed by atoms with Crippen molar-refractivity contribution >= 4 is 27.3 Å². The summed E-state index contributed by atoms with van der Waals surface area (Å²) in [6.45, 7) is 1.88. The van der Waals surface area contributed by atoms with Crippen LogP contribution >= 0.6 is 0 Å². The molecule has 2 aromatic rings. The lowest BCUT2D eigenvalue weighted by Gasteiger charge is -2.23. The summed E-state index contributed by atoms with van der Waals surface area (Å²) in [5, 5.41) is 2.78. The summed E-state index contributed by atoms with van der Waals surface area (Å²) in [6, 6.07) is 9.97. The molecule has 1 unspecified atom stereocenters. The van der Waals surface area contributed by atoms with Gasteiger partial charge >= 0.3 is 0 Å². The summed E-state index contributed by atoms with van der Waals surface area (Å²) in [4.78, 5) is 30.7. The first kappa shape index (κ1) is 19.0. The fourth-order valence-electron chi connectivity index (χ4n) is 3.04. The molecule has 0 spiro atoms. The van der Waals surface area contributed by atoms with Crippen molar-refractivity contribution in [3.8, 4) is 0 Å². The van der Waals surface area contributed by atoms with E-state index in [0.29, 0.717) is 17.7 Å². The van der Waals surface area contributed by atoms with E-state index >= 15 is 0 Å². The van der Waals surface area contributed by atoms with Gasteiger partial charge in [0.15, 0.2) is 9.84 Å². The van der Waals surface area contributed by atoms with Crippen LogP contribution in [0.4, 0.5) is 5.69 Å². The number of sulfone groups is 1. The molecule has 1 saturated heterocycles. The van der Waals surface area contributed by atoms with Crippen LogP contribution in [-0.4, -0.2) is 54.7 Å². The third-order valence-corrected chi connectivity index (χ3v) is 6.46. The second kappa shape index (κ2) is 7.48. The quantitative estimate of drug-likeness (QED) is 0.864. The predicted molar refractivity (Wildman–Crippen MR) is 103 cm³/mol. The average Bonchev–Trinajstić information content (AvgIpc) is 3.02. The number of para-hydroxylation sites is 1. The average molecular weight is 387 g/mol. The second-order valence-electron chi connectivity index (χ2n) is 6.67. The molecule has 0 aliphatic carbocycles. The molecule has 2 heterocycles. The van der Waals surface area contributed by atoms with Crippen LogP contribution in [0.2, 0.25) is 0 Å². The van der Waals surface area contributed by atoms with E-state index < -0.39 is 15.7 Å². The highest BCUT2D eigenvalue weighted by atomic mass is 32.2. The summed E-state index contributed by atoms with van der Waals surface area (Å²) in [6.07, 6.45) is 1.83. The van der Waals surface area contributed by atoms with Crippen LogP contribution in [0.1, 0.15) is 32.8 Å². The van der Waals surface area contributed by atoms with Crippen LogP contribution in [-0.2, 0) is 9.84 Å². The number of nitrogens with one attached hydrogen (secondary N) is 1. The maximum Gasteiger partial charge on any atom is 0.274 e. The van der Waals surface area contributed by atoms with Gasteiger partial charge in [-0.3, -0.25) is 14.6 Å². The molecule has 3 rings (SSSR count). The number of hydrogen-bond acceptors (Lipinski definition) is 5. The van der Waals surface area contributed by atoms with Crippen LogP contribution in [0.25, 0.3) is 0 Å². The number of hydrogen-bond donors (Lipinski definition) is 1. The summed E-state index contributed by atoms with van der Waals surface area (Å²) in [7, 11) is -1.50. The van der Waals surface area contributed by atoms with E-state index in [9.17, 15) is 18.0 Å². The number of benzene rings is 1. The van der Waals surface area contributed by atoms with E-state index in [1.165, 1.54) is 23.2 Å². The Labute approximate surface area is 158 Å². The minimum absolute atomic E-state index is 0.0268. The van der Waals surface area contributed by atoms with Crippen LogP contribution in [0, 0.1) is 6.92 Å². The molecule has 1 aliphatic heterocycles. The second-order valence-corrected chi connectivity index (χ2v) is 8.90. The molecule has 7 nitrogen and oxygen atoms in total. The lowest BCUT2D eigenvalue weighted by Crippen LogP contribution is -2.38. The van der Waals surface area contributed by atoms with Gasteiger partial charge in [-0.15, -0.1) is 0 Å². The first-order valence-corrected chi connectivity index (χ1v) is 10.4. The number of rotatable bonds is 4. The maximum absolute atomic E-state index is 12.7. The molecule has 1 aliphatic rings. The van der Waals surface area contributed by atoms with Crippen LogP contribution in [0.15, 0.2) is 42.6 Å². The van der Waals surface area contributed by atoms with Crippen molar-refractivity contribution in [2.24, 2.45) is 0 Å². The van der Waals surface area contributed by atoms with Crippen molar-refractivity contribution in [3.63, 3.8) is 0 Å². The molecular formula is C19H21N3O4S. The van der Waals surface area contributed by atoms with Crippen LogP contribution < -0.4 is 5.32 Å². The van der Waals surface area contributed by atoms with Gasteiger partial charge in [0, 0.05) is 30.5 Å². The van der Waals surface area contributed by atoms with Gasteiger partial charge < -0.3 is 10.2 Å². The van der Waals surface area contributed by atoms with Gasteiger partial charge in [-0.1, -0.05) is 18.2 Å². The number of nitrogens with zero attached hydrogens (tertiary/aromatic N) is 2. The third kappa shape index (κ3) is 4.33. The van der Waals surface area contributed by atoms with E-state index in [-0.39, 0.29) is 29.1 Å². The van der Waals surface area contributed by atoms with Crippen LogP contribution in [0.3, 0.4) is 0 Å². The minimum atomic E-state index is -3.09. The zero-order valence-corrected chi connectivity index (χ0v) is 16.0. The van der Waals surface area contributed by atoms with Crippen molar-refractivity contribution < 1.29 is 18.0 Å². The Bertz CT molecular complexity index is 988. The number of carbonyl (C=O) groups excluding carboxylic acids is 2. The number of amides is 2. The Kier molecular flexibility index (Phi) is 5.27. The zero-order valence-electron chi connectivity index (χ0n) is 15.2. The van der Waals surface area contributed by atoms with E-state index in [0.717, 1.165) is 5.56 Å². The van der Waals surface area contributed by atoms with Gasteiger partial charge in [-0.25, -0.2) is 8.42 Å². The standard InChI is InChI=1S/C19H21N3O4S/c1-13-5-3-4-6-16(13)21-18(23)17-11-14(7-9-20-17)19(24)22(2)15-8-10-27(25,26)12-15/h3-7,9,11,15H,8,10,12H2,1-2H3,(H,21,23). The summed E-state index contributed by atoms with van der Waals surface area (Å²) >= 11 is 0. The van der Waals surface area contributed by atoms with E-state index in [2.05, 4.69) is 10.3 Å². The largest absolute Gasteiger partial charge is 0.338 e. The Morgan fingerprint density at radius 1 is 1.22 bits per heavy atom. The van der Waals surface area contributed by atoms with Crippen molar-refractivity contribution in [2.45, 2.75) is 19.4 Å². The molecule has 0 radical (unpaired) electrons. The molecule has 1 aromatic heterocycles. The Morgan fingerprint density at radius 2 is 1.96 bits per heavy atom. The van der Waals surface area contributed by atoms with Gasteiger partial charge in [0.25, 0.3) is 11.8 Å². The Hall–Kier alpha value is -2.74. The highest BCUT2D eigenvalue weighted by molar-refractivity contribution is 7.91. The Balaban J connectivity index is 1.76.